The van der Waals surface area contributed by atoms with Crippen molar-refractivity contribution in [2.24, 2.45) is 0 Å². The van der Waals surface area contributed by atoms with Crippen molar-refractivity contribution in [3.63, 3.8) is 0 Å². The lowest BCUT2D eigenvalue weighted by Gasteiger charge is -2.15. The summed E-state index contributed by atoms with van der Waals surface area (Å²) in [5, 5.41) is 2.87. The summed E-state index contributed by atoms with van der Waals surface area (Å²) in [5.41, 5.74) is 7.33. The Labute approximate surface area is 117 Å². The maximum atomic E-state index is 12.1. The molecule has 20 heavy (non-hydrogen) atoms. The van der Waals surface area contributed by atoms with Gasteiger partial charge in [-0.2, -0.15) is 0 Å². The number of nitrogen functional groups attached to an aromatic ring is 1. The lowest BCUT2D eigenvalue weighted by Crippen LogP contribution is -2.28. The summed E-state index contributed by atoms with van der Waals surface area (Å²) in [4.78, 5) is 16.1. The van der Waals surface area contributed by atoms with Gasteiger partial charge in [0.15, 0.2) is 5.69 Å². The Hall–Kier alpha value is -2.56. The third-order valence-corrected chi connectivity index (χ3v) is 3.02. The minimum absolute atomic E-state index is 0.144. The minimum Gasteiger partial charge on any atom is -0.497 e. The van der Waals surface area contributed by atoms with E-state index in [2.05, 4.69) is 10.3 Å². The summed E-state index contributed by atoms with van der Waals surface area (Å²) in [6, 6.07) is 10.7. The smallest absolute Gasteiger partial charge is 0.272 e. The number of rotatable bonds is 4. The number of amides is 1. The van der Waals surface area contributed by atoms with E-state index in [-0.39, 0.29) is 17.6 Å². The van der Waals surface area contributed by atoms with Gasteiger partial charge in [-0.1, -0.05) is 12.1 Å². The maximum Gasteiger partial charge on any atom is 0.272 e. The lowest BCUT2D eigenvalue weighted by atomic mass is 10.1. The molecule has 3 N–H and O–H groups in total. The van der Waals surface area contributed by atoms with Crippen molar-refractivity contribution in [3.8, 4) is 5.75 Å². The second-order valence-electron chi connectivity index (χ2n) is 4.41. The summed E-state index contributed by atoms with van der Waals surface area (Å²) < 4.78 is 5.10. The van der Waals surface area contributed by atoms with Gasteiger partial charge in [0.05, 0.1) is 18.8 Å². The van der Waals surface area contributed by atoms with Crippen LogP contribution in [0.15, 0.2) is 42.6 Å². The highest BCUT2D eigenvalue weighted by Crippen LogP contribution is 2.18. The van der Waals surface area contributed by atoms with Crippen LogP contribution in [0.25, 0.3) is 0 Å². The van der Waals surface area contributed by atoms with E-state index in [9.17, 15) is 4.79 Å². The van der Waals surface area contributed by atoms with Gasteiger partial charge in [0.1, 0.15) is 5.75 Å². The molecule has 104 valence electrons. The van der Waals surface area contributed by atoms with E-state index in [4.69, 9.17) is 10.5 Å². The van der Waals surface area contributed by atoms with Crippen LogP contribution >= 0.6 is 0 Å². The molecule has 2 aromatic rings. The van der Waals surface area contributed by atoms with Gasteiger partial charge >= 0.3 is 0 Å². The summed E-state index contributed by atoms with van der Waals surface area (Å²) in [7, 11) is 1.62. The fourth-order valence-electron chi connectivity index (χ4n) is 1.85. The Morgan fingerprint density at radius 3 is 2.60 bits per heavy atom. The average Bonchev–Trinajstić information content (AvgIpc) is 2.47. The molecule has 0 aliphatic heterocycles. The van der Waals surface area contributed by atoms with E-state index >= 15 is 0 Å². The van der Waals surface area contributed by atoms with Crippen molar-refractivity contribution < 1.29 is 9.53 Å². The molecule has 0 unspecified atom stereocenters. The number of hydrogen-bond donors (Lipinski definition) is 2. The Kier molecular flexibility index (Phi) is 4.20. The summed E-state index contributed by atoms with van der Waals surface area (Å²) in [5.74, 6) is 0.493. The van der Waals surface area contributed by atoms with Crippen molar-refractivity contribution >= 4 is 11.6 Å². The predicted octanol–water partition coefficient (Wildman–Crippen LogP) is 2.16. The highest BCUT2D eigenvalue weighted by atomic mass is 16.5. The summed E-state index contributed by atoms with van der Waals surface area (Å²) in [6.45, 7) is 1.90. The van der Waals surface area contributed by atoms with Crippen LogP contribution in [0, 0.1) is 0 Å². The van der Waals surface area contributed by atoms with Crippen LogP contribution in [-0.4, -0.2) is 18.0 Å². The van der Waals surface area contributed by atoms with Crippen molar-refractivity contribution in [1.82, 2.24) is 10.3 Å². The maximum absolute atomic E-state index is 12.1. The zero-order chi connectivity index (χ0) is 14.5. The SMILES string of the molecule is COc1ccc([C@H](C)NC(=O)c2ncccc2N)cc1. The highest BCUT2D eigenvalue weighted by molar-refractivity contribution is 5.97. The molecule has 0 aliphatic rings. The number of carbonyl (C=O) groups is 1. The number of ether oxygens (including phenoxy) is 1. The second-order valence-corrected chi connectivity index (χ2v) is 4.41. The Bertz CT molecular complexity index is 596. The number of methoxy groups -OCH3 is 1. The quantitative estimate of drug-likeness (QED) is 0.893. The van der Waals surface area contributed by atoms with E-state index in [0.717, 1.165) is 11.3 Å². The Morgan fingerprint density at radius 2 is 2.00 bits per heavy atom. The van der Waals surface area contributed by atoms with Crippen molar-refractivity contribution in [2.75, 3.05) is 12.8 Å². The fraction of sp³-hybridized carbons (Fsp3) is 0.200. The molecule has 0 radical (unpaired) electrons. The van der Waals surface area contributed by atoms with E-state index < -0.39 is 0 Å². The molecule has 2 rings (SSSR count). The van der Waals surface area contributed by atoms with Crippen molar-refractivity contribution in [3.05, 3.63) is 53.9 Å². The monoisotopic (exact) mass is 271 g/mol. The van der Waals surface area contributed by atoms with Crippen LogP contribution in [0.3, 0.4) is 0 Å². The largest absolute Gasteiger partial charge is 0.497 e. The van der Waals surface area contributed by atoms with Crippen LogP contribution in [-0.2, 0) is 0 Å². The molecule has 0 saturated heterocycles. The first-order valence-electron chi connectivity index (χ1n) is 6.27. The van der Waals surface area contributed by atoms with Gasteiger partial charge in [-0.25, -0.2) is 4.98 Å². The first-order valence-corrected chi connectivity index (χ1v) is 6.27. The van der Waals surface area contributed by atoms with Crippen LogP contribution in [0.5, 0.6) is 5.75 Å². The highest BCUT2D eigenvalue weighted by Gasteiger charge is 2.14. The van der Waals surface area contributed by atoms with Crippen molar-refractivity contribution in [2.45, 2.75) is 13.0 Å². The fourth-order valence-corrected chi connectivity index (χ4v) is 1.85. The summed E-state index contributed by atoms with van der Waals surface area (Å²) in [6.07, 6.45) is 1.54. The van der Waals surface area contributed by atoms with Gasteiger partial charge in [0, 0.05) is 6.20 Å². The standard InChI is InChI=1S/C15H17N3O2/c1-10(11-5-7-12(20-2)8-6-11)18-15(19)14-13(16)4-3-9-17-14/h3-10H,16H2,1-2H3,(H,18,19)/t10-/m0/s1. The number of nitrogens with zero attached hydrogens (tertiary/aromatic N) is 1. The van der Waals surface area contributed by atoms with Gasteiger partial charge in [-0.15, -0.1) is 0 Å². The molecule has 1 heterocycles. The average molecular weight is 271 g/mol. The molecule has 1 amide bonds. The Balaban J connectivity index is 2.09. The number of pyridine rings is 1. The molecular weight excluding hydrogens is 254 g/mol. The first kappa shape index (κ1) is 13.9. The zero-order valence-corrected chi connectivity index (χ0v) is 11.5. The number of nitrogens with two attached hydrogens (primary N) is 1. The number of benzene rings is 1. The molecule has 1 aromatic heterocycles. The third kappa shape index (κ3) is 3.06. The molecule has 1 atom stereocenters. The number of nitrogens with one attached hydrogen (secondary N) is 1. The predicted molar refractivity (Wildman–Crippen MR) is 77.5 cm³/mol. The number of carbonyl (C=O) groups excluding carboxylic acids is 1. The van der Waals surface area contributed by atoms with Gasteiger partial charge in [-0.05, 0) is 36.8 Å². The molecule has 0 saturated carbocycles. The van der Waals surface area contributed by atoms with Crippen LogP contribution < -0.4 is 15.8 Å². The number of anilines is 1. The molecule has 0 spiro atoms. The van der Waals surface area contributed by atoms with E-state index in [0.29, 0.717) is 5.69 Å². The normalized spacial score (nSPS) is 11.7. The molecular formula is C15H17N3O2. The topological polar surface area (TPSA) is 77.2 Å². The molecule has 5 nitrogen and oxygen atoms in total. The zero-order valence-electron chi connectivity index (χ0n) is 11.5. The molecule has 0 bridgehead atoms. The lowest BCUT2D eigenvalue weighted by molar-refractivity contribution is 0.0936. The van der Waals surface area contributed by atoms with E-state index in [1.54, 1.807) is 25.4 Å². The van der Waals surface area contributed by atoms with E-state index in [1.165, 1.54) is 0 Å². The second kappa shape index (κ2) is 6.06. The molecule has 0 aliphatic carbocycles. The Morgan fingerprint density at radius 1 is 1.30 bits per heavy atom. The van der Waals surface area contributed by atoms with Gasteiger partial charge < -0.3 is 15.8 Å². The van der Waals surface area contributed by atoms with Crippen LogP contribution in [0.4, 0.5) is 5.69 Å². The van der Waals surface area contributed by atoms with Crippen LogP contribution in [0.2, 0.25) is 0 Å². The number of aromatic nitrogens is 1. The van der Waals surface area contributed by atoms with Gasteiger partial charge in [0.2, 0.25) is 0 Å². The van der Waals surface area contributed by atoms with E-state index in [1.807, 2.05) is 31.2 Å². The van der Waals surface area contributed by atoms with Gasteiger partial charge in [0.25, 0.3) is 5.91 Å². The minimum atomic E-state index is -0.286. The van der Waals surface area contributed by atoms with Crippen molar-refractivity contribution in [1.29, 1.82) is 0 Å². The molecule has 5 heteroatoms. The number of hydrogen-bond acceptors (Lipinski definition) is 4. The molecule has 1 aromatic carbocycles. The molecule has 0 fully saturated rings. The van der Waals surface area contributed by atoms with Gasteiger partial charge in [-0.3, -0.25) is 4.79 Å². The third-order valence-electron chi connectivity index (χ3n) is 3.02. The first-order chi connectivity index (χ1) is 9.61. The van der Waals surface area contributed by atoms with Crippen LogP contribution in [0.1, 0.15) is 29.0 Å². The summed E-state index contributed by atoms with van der Waals surface area (Å²) >= 11 is 0.